The Kier molecular flexibility index (Phi) is 6.67. The van der Waals surface area contributed by atoms with Crippen LogP contribution in [-0.2, 0) is 17.9 Å². The van der Waals surface area contributed by atoms with Crippen molar-refractivity contribution in [3.63, 3.8) is 0 Å². The van der Waals surface area contributed by atoms with Crippen LogP contribution in [0, 0.1) is 0 Å². The average Bonchev–Trinajstić information content (AvgIpc) is 2.37. The summed E-state index contributed by atoms with van der Waals surface area (Å²) in [6.45, 7) is 7.50. The highest BCUT2D eigenvalue weighted by atomic mass is 16.5. The lowest BCUT2D eigenvalue weighted by molar-refractivity contribution is 0.119. The molecule has 0 radical (unpaired) electrons. The second kappa shape index (κ2) is 8.09. The summed E-state index contributed by atoms with van der Waals surface area (Å²) in [6.07, 6.45) is 1.04. The fraction of sp³-hybridized carbons (Fsp3) is 0.571. The lowest BCUT2D eigenvalue weighted by Gasteiger charge is -2.11. The Bertz CT molecular complexity index is 326. The van der Waals surface area contributed by atoms with E-state index in [2.05, 4.69) is 31.3 Å². The number of hydrogen-bond acceptors (Lipinski definition) is 3. The van der Waals surface area contributed by atoms with Gasteiger partial charge in [-0.1, -0.05) is 19.9 Å². The molecule has 0 bridgehead atoms. The predicted octanol–water partition coefficient (Wildman–Crippen LogP) is 2.73. The first kappa shape index (κ1) is 14.0. The highest BCUT2D eigenvalue weighted by molar-refractivity contribution is 5.36. The van der Waals surface area contributed by atoms with Crippen molar-refractivity contribution in [2.75, 3.05) is 20.3 Å². The van der Waals surface area contributed by atoms with Crippen LogP contribution in [0.15, 0.2) is 18.2 Å². The minimum Gasteiger partial charge on any atom is -0.496 e. The van der Waals surface area contributed by atoms with Gasteiger partial charge >= 0.3 is 0 Å². The van der Waals surface area contributed by atoms with Crippen molar-refractivity contribution >= 4 is 0 Å². The molecule has 0 aromatic heterocycles. The molecule has 0 saturated carbocycles. The summed E-state index contributed by atoms with van der Waals surface area (Å²) in [4.78, 5) is 0. The van der Waals surface area contributed by atoms with E-state index < -0.39 is 0 Å². The highest BCUT2D eigenvalue weighted by Crippen LogP contribution is 2.20. The van der Waals surface area contributed by atoms with Gasteiger partial charge in [-0.2, -0.15) is 0 Å². The van der Waals surface area contributed by atoms with E-state index in [1.807, 2.05) is 6.07 Å². The molecule has 1 aromatic rings. The fourth-order valence-electron chi connectivity index (χ4n) is 1.65. The monoisotopic (exact) mass is 237 g/mol. The molecule has 0 fully saturated rings. The second-order valence-electron chi connectivity index (χ2n) is 3.98. The SMILES string of the molecule is CCCOCc1cc(CNCC)ccc1OC. The topological polar surface area (TPSA) is 30.5 Å². The standard InChI is InChI=1S/C14H23NO2/c1-4-8-17-11-13-9-12(10-15-5-2)6-7-14(13)16-3/h6-7,9,15H,4-5,8,10-11H2,1-3H3. The van der Waals surface area contributed by atoms with Crippen molar-refractivity contribution in [3.8, 4) is 5.75 Å². The number of methoxy groups -OCH3 is 1. The van der Waals surface area contributed by atoms with Gasteiger partial charge in [-0.15, -0.1) is 0 Å². The molecule has 1 rings (SSSR count). The Labute approximate surface area is 104 Å². The molecule has 0 amide bonds. The zero-order chi connectivity index (χ0) is 12.5. The lowest BCUT2D eigenvalue weighted by Crippen LogP contribution is -2.12. The first-order valence-corrected chi connectivity index (χ1v) is 6.26. The Hall–Kier alpha value is -1.06. The summed E-state index contributed by atoms with van der Waals surface area (Å²) in [5.41, 5.74) is 2.39. The van der Waals surface area contributed by atoms with Crippen LogP contribution >= 0.6 is 0 Å². The maximum Gasteiger partial charge on any atom is 0.124 e. The summed E-state index contributed by atoms with van der Waals surface area (Å²) >= 11 is 0. The third-order valence-corrected chi connectivity index (χ3v) is 2.53. The number of hydrogen-bond donors (Lipinski definition) is 1. The first-order chi connectivity index (χ1) is 8.31. The molecule has 1 N–H and O–H groups in total. The van der Waals surface area contributed by atoms with E-state index in [1.165, 1.54) is 5.56 Å². The molecule has 3 heteroatoms. The third-order valence-electron chi connectivity index (χ3n) is 2.53. The van der Waals surface area contributed by atoms with E-state index in [0.717, 1.165) is 37.4 Å². The number of rotatable bonds is 8. The molecule has 96 valence electrons. The van der Waals surface area contributed by atoms with Gasteiger partial charge in [0.25, 0.3) is 0 Å². The van der Waals surface area contributed by atoms with Gasteiger partial charge in [0.2, 0.25) is 0 Å². The number of nitrogens with one attached hydrogen (secondary N) is 1. The van der Waals surface area contributed by atoms with E-state index in [4.69, 9.17) is 9.47 Å². The lowest BCUT2D eigenvalue weighted by atomic mass is 10.1. The van der Waals surface area contributed by atoms with Crippen LogP contribution in [0.3, 0.4) is 0 Å². The zero-order valence-electron chi connectivity index (χ0n) is 11.1. The van der Waals surface area contributed by atoms with E-state index in [-0.39, 0.29) is 0 Å². The van der Waals surface area contributed by atoms with Crippen molar-refractivity contribution in [1.29, 1.82) is 0 Å². The van der Waals surface area contributed by atoms with E-state index >= 15 is 0 Å². The van der Waals surface area contributed by atoms with Gasteiger partial charge in [-0.3, -0.25) is 0 Å². The maximum atomic E-state index is 5.57. The zero-order valence-corrected chi connectivity index (χ0v) is 11.1. The predicted molar refractivity (Wildman–Crippen MR) is 70.3 cm³/mol. The minimum absolute atomic E-state index is 0.622. The molecule has 0 aliphatic rings. The molecule has 0 unspecified atom stereocenters. The van der Waals surface area contributed by atoms with E-state index in [9.17, 15) is 0 Å². The third kappa shape index (κ3) is 4.75. The molecule has 0 aliphatic carbocycles. The highest BCUT2D eigenvalue weighted by Gasteiger charge is 2.04. The molecular formula is C14H23NO2. The van der Waals surface area contributed by atoms with Gasteiger partial charge in [0.15, 0.2) is 0 Å². The van der Waals surface area contributed by atoms with Gasteiger partial charge in [-0.05, 0) is 30.7 Å². The average molecular weight is 237 g/mol. The van der Waals surface area contributed by atoms with E-state index in [1.54, 1.807) is 7.11 Å². The Morgan fingerprint density at radius 3 is 2.71 bits per heavy atom. The summed E-state index contributed by atoms with van der Waals surface area (Å²) in [5.74, 6) is 0.904. The normalized spacial score (nSPS) is 10.5. The van der Waals surface area contributed by atoms with Crippen LogP contribution in [-0.4, -0.2) is 20.3 Å². The largest absolute Gasteiger partial charge is 0.496 e. The Balaban J connectivity index is 2.68. The molecular weight excluding hydrogens is 214 g/mol. The van der Waals surface area contributed by atoms with E-state index in [0.29, 0.717) is 6.61 Å². The Morgan fingerprint density at radius 2 is 2.06 bits per heavy atom. The van der Waals surface area contributed by atoms with Gasteiger partial charge in [0, 0.05) is 18.7 Å². The van der Waals surface area contributed by atoms with Crippen LogP contribution in [0.25, 0.3) is 0 Å². The molecule has 17 heavy (non-hydrogen) atoms. The Morgan fingerprint density at radius 1 is 1.24 bits per heavy atom. The molecule has 0 saturated heterocycles. The summed E-state index contributed by atoms with van der Waals surface area (Å²) in [5, 5.41) is 3.31. The quantitative estimate of drug-likeness (QED) is 0.705. The van der Waals surface area contributed by atoms with Gasteiger partial charge in [0.1, 0.15) is 5.75 Å². The minimum atomic E-state index is 0.622. The molecule has 0 heterocycles. The van der Waals surface area contributed by atoms with Crippen LogP contribution in [0.2, 0.25) is 0 Å². The summed E-state index contributed by atoms with van der Waals surface area (Å²) < 4.78 is 10.9. The molecule has 1 aromatic carbocycles. The first-order valence-electron chi connectivity index (χ1n) is 6.26. The smallest absolute Gasteiger partial charge is 0.124 e. The van der Waals surface area contributed by atoms with Gasteiger partial charge < -0.3 is 14.8 Å². The number of benzene rings is 1. The van der Waals surface area contributed by atoms with Crippen molar-refractivity contribution in [2.24, 2.45) is 0 Å². The molecule has 3 nitrogen and oxygen atoms in total. The molecule has 0 aliphatic heterocycles. The van der Waals surface area contributed by atoms with Crippen LogP contribution in [0.1, 0.15) is 31.4 Å². The molecule has 0 atom stereocenters. The van der Waals surface area contributed by atoms with Crippen molar-refractivity contribution in [2.45, 2.75) is 33.4 Å². The number of ether oxygens (including phenoxy) is 2. The van der Waals surface area contributed by atoms with Gasteiger partial charge in [0.05, 0.1) is 13.7 Å². The van der Waals surface area contributed by atoms with Gasteiger partial charge in [-0.25, -0.2) is 0 Å². The summed E-state index contributed by atoms with van der Waals surface area (Å²) in [7, 11) is 1.70. The van der Waals surface area contributed by atoms with Crippen molar-refractivity contribution in [3.05, 3.63) is 29.3 Å². The van der Waals surface area contributed by atoms with Crippen LogP contribution < -0.4 is 10.1 Å². The van der Waals surface area contributed by atoms with Crippen LogP contribution in [0.5, 0.6) is 5.75 Å². The summed E-state index contributed by atoms with van der Waals surface area (Å²) in [6, 6.07) is 6.25. The molecule has 0 spiro atoms. The van der Waals surface area contributed by atoms with Crippen molar-refractivity contribution in [1.82, 2.24) is 5.32 Å². The maximum absolute atomic E-state index is 5.57. The van der Waals surface area contributed by atoms with Crippen LogP contribution in [0.4, 0.5) is 0 Å². The fourth-order valence-corrected chi connectivity index (χ4v) is 1.65. The second-order valence-corrected chi connectivity index (χ2v) is 3.98. The van der Waals surface area contributed by atoms with Crippen molar-refractivity contribution < 1.29 is 9.47 Å².